The maximum Gasteiger partial charge on any atom is 0.407 e. The molecule has 1 aliphatic heterocycles. The lowest BCUT2D eigenvalue weighted by Gasteiger charge is -2.47. The molecule has 1 amide bonds. The van der Waals surface area contributed by atoms with Crippen LogP contribution in [0.25, 0.3) is 0 Å². The van der Waals surface area contributed by atoms with E-state index in [0.717, 1.165) is 6.42 Å². The number of carbonyl (C=O) groups is 2. The smallest absolute Gasteiger partial charge is 0.407 e. The van der Waals surface area contributed by atoms with Gasteiger partial charge in [-0.15, -0.1) is 0 Å². The van der Waals surface area contributed by atoms with Crippen molar-refractivity contribution in [3.05, 3.63) is 0 Å². The van der Waals surface area contributed by atoms with E-state index in [1.165, 1.54) is 13.5 Å². The van der Waals surface area contributed by atoms with E-state index in [9.17, 15) is 14.7 Å². The Kier molecular flexibility index (Phi) is 4.29. The molecule has 1 aliphatic carbocycles. The highest BCUT2D eigenvalue weighted by molar-refractivity contribution is 5.71. The lowest BCUT2D eigenvalue weighted by Crippen LogP contribution is -2.58. The number of hydrogen-bond donors (Lipinski definition) is 2. The van der Waals surface area contributed by atoms with Crippen molar-refractivity contribution in [2.24, 2.45) is 11.8 Å². The monoisotopic (exact) mass is 270 g/mol. The fourth-order valence-electron chi connectivity index (χ4n) is 3.10. The lowest BCUT2D eigenvalue weighted by molar-refractivity contribution is -0.145. The molecule has 2 aliphatic rings. The largest absolute Gasteiger partial charge is 0.481 e. The molecule has 108 valence electrons. The summed E-state index contributed by atoms with van der Waals surface area (Å²) >= 11 is 0. The molecular weight excluding hydrogens is 248 g/mol. The summed E-state index contributed by atoms with van der Waals surface area (Å²) in [7, 11) is 1.32. The predicted octanol–water partition coefficient (Wildman–Crippen LogP) is 0.916. The second kappa shape index (κ2) is 5.77. The highest BCUT2D eigenvalue weighted by Gasteiger charge is 2.39. The van der Waals surface area contributed by atoms with Gasteiger partial charge >= 0.3 is 12.1 Å². The van der Waals surface area contributed by atoms with Crippen molar-refractivity contribution < 1.29 is 19.4 Å². The van der Waals surface area contributed by atoms with Crippen molar-refractivity contribution in [3.63, 3.8) is 0 Å². The van der Waals surface area contributed by atoms with Crippen molar-refractivity contribution in [2.75, 3.05) is 20.2 Å². The maximum atomic E-state index is 11.3. The number of rotatable bonds is 3. The molecule has 0 aromatic carbocycles. The minimum atomic E-state index is -0.784. The standard InChI is InChI=1S/C13H22N2O4/c1-8-3-4-11(8)15-6-9(12(16)17)5-10(7-15)14-13(18)19-2/h8-11H,3-7H2,1-2H3,(H,14,18)(H,16,17). The van der Waals surface area contributed by atoms with Gasteiger partial charge in [0, 0.05) is 25.2 Å². The molecule has 0 radical (unpaired) electrons. The summed E-state index contributed by atoms with van der Waals surface area (Å²) < 4.78 is 4.59. The van der Waals surface area contributed by atoms with Gasteiger partial charge in [0.2, 0.25) is 0 Å². The van der Waals surface area contributed by atoms with E-state index in [1.54, 1.807) is 0 Å². The van der Waals surface area contributed by atoms with Gasteiger partial charge in [-0.25, -0.2) is 4.79 Å². The molecule has 0 spiro atoms. The molecule has 0 aromatic heterocycles. The quantitative estimate of drug-likeness (QED) is 0.797. The number of carboxylic acid groups (broad SMARTS) is 1. The minimum Gasteiger partial charge on any atom is -0.481 e. The zero-order chi connectivity index (χ0) is 14.0. The summed E-state index contributed by atoms with van der Waals surface area (Å²) in [6.07, 6.45) is 2.31. The number of nitrogens with one attached hydrogen (secondary N) is 1. The first kappa shape index (κ1) is 14.1. The van der Waals surface area contributed by atoms with Crippen LogP contribution in [0.4, 0.5) is 4.79 Å². The molecule has 19 heavy (non-hydrogen) atoms. The van der Waals surface area contributed by atoms with Gasteiger partial charge in [-0.2, -0.15) is 0 Å². The zero-order valence-electron chi connectivity index (χ0n) is 11.5. The van der Waals surface area contributed by atoms with Gasteiger partial charge in [-0.1, -0.05) is 6.92 Å². The summed E-state index contributed by atoms with van der Waals surface area (Å²) in [6.45, 7) is 3.50. The molecule has 2 fully saturated rings. The summed E-state index contributed by atoms with van der Waals surface area (Å²) in [4.78, 5) is 24.7. The molecule has 6 heteroatoms. The molecule has 4 unspecified atom stereocenters. The van der Waals surface area contributed by atoms with Crippen LogP contribution in [0.5, 0.6) is 0 Å². The molecule has 6 nitrogen and oxygen atoms in total. The molecule has 1 heterocycles. The van der Waals surface area contributed by atoms with Gasteiger partial charge in [-0.3, -0.25) is 9.69 Å². The van der Waals surface area contributed by atoms with Crippen molar-refractivity contribution in [2.45, 2.75) is 38.3 Å². The Morgan fingerprint density at radius 2 is 2.05 bits per heavy atom. The molecule has 1 saturated heterocycles. The van der Waals surface area contributed by atoms with E-state index in [-0.39, 0.29) is 6.04 Å². The van der Waals surface area contributed by atoms with Crippen LogP contribution in [0, 0.1) is 11.8 Å². The second-order valence-electron chi connectivity index (χ2n) is 5.68. The third-order valence-corrected chi connectivity index (χ3v) is 4.38. The van der Waals surface area contributed by atoms with Gasteiger partial charge in [0.05, 0.1) is 13.0 Å². The summed E-state index contributed by atoms with van der Waals surface area (Å²) in [5.41, 5.74) is 0. The Morgan fingerprint density at radius 1 is 1.32 bits per heavy atom. The minimum absolute atomic E-state index is 0.143. The van der Waals surface area contributed by atoms with E-state index in [2.05, 4.69) is 21.9 Å². The zero-order valence-corrected chi connectivity index (χ0v) is 11.5. The molecular formula is C13H22N2O4. The van der Waals surface area contributed by atoms with Gasteiger partial charge in [0.1, 0.15) is 0 Å². The third-order valence-electron chi connectivity index (χ3n) is 4.38. The molecule has 1 saturated carbocycles. The normalized spacial score (nSPS) is 35.3. The highest BCUT2D eigenvalue weighted by atomic mass is 16.5. The van der Waals surface area contributed by atoms with Crippen molar-refractivity contribution >= 4 is 12.1 Å². The average molecular weight is 270 g/mol. The first-order valence-corrected chi connectivity index (χ1v) is 6.82. The van der Waals surface area contributed by atoms with Crippen LogP contribution >= 0.6 is 0 Å². The van der Waals surface area contributed by atoms with Crippen LogP contribution in [0.1, 0.15) is 26.2 Å². The van der Waals surface area contributed by atoms with Crippen molar-refractivity contribution in [3.8, 4) is 0 Å². The van der Waals surface area contributed by atoms with Crippen molar-refractivity contribution in [1.29, 1.82) is 0 Å². The second-order valence-corrected chi connectivity index (χ2v) is 5.68. The summed E-state index contributed by atoms with van der Waals surface area (Å²) in [6, 6.07) is 0.319. The first-order valence-electron chi connectivity index (χ1n) is 6.82. The number of hydrogen-bond acceptors (Lipinski definition) is 4. The average Bonchev–Trinajstić information content (AvgIpc) is 2.36. The maximum absolute atomic E-state index is 11.3. The lowest BCUT2D eigenvalue weighted by atomic mass is 9.78. The van der Waals surface area contributed by atoms with E-state index < -0.39 is 18.0 Å². The number of aliphatic carboxylic acids is 1. The predicted molar refractivity (Wildman–Crippen MR) is 68.8 cm³/mol. The van der Waals surface area contributed by atoms with Crippen LogP contribution in [0.15, 0.2) is 0 Å². The van der Waals surface area contributed by atoms with E-state index in [4.69, 9.17) is 0 Å². The van der Waals surface area contributed by atoms with E-state index >= 15 is 0 Å². The highest BCUT2D eigenvalue weighted by Crippen LogP contribution is 2.34. The molecule has 4 atom stereocenters. The fourth-order valence-corrected chi connectivity index (χ4v) is 3.10. The SMILES string of the molecule is COC(=O)NC1CC(C(=O)O)CN(C2CCC2C)C1. The summed E-state index contributed by atoms with van der Waals surface area (Å²) in [5, 5.41) is 12.0. The summed E-state index contributed by atoms with van der Waals surface area (Å²) in [5.74, 6) is -0.580. The Hall–Kier alpha value is -1.30. The van der Waals surface area contributed by atoms with Crippen LogP contribution < -0.4 is 5.32 Å². The topological polar surface area (TPSA) is 78.9 Å². The number of nitrogens with zero attached hydrogens (tertiary/aromatic N) is 1. The number of carboxylic acids is 1. The van der Waals surface area contributed by atoms with Crippen LogP contribution in [-0.2, 0) is 9.53 Å². The van der Waals surface area contributed by atoms with E-state index in [0.29, 0.717) is 31.5 Å². The van der Waals surface area contributed by atoms with Crippen LogP contribution in [0.3, 0.4) is 0 Å². The van der Waals surface area contributed by atoms with Gasteiger partial charge in [-0.05, 0) is 25.2 Å². The number of carbonyl (C=O) groups excluding carboxylic acids is 1. The Morgan fingerprint density at radius 3 is 2.53 bits per heavy atom. The van der Waals surface area contributed by atoms with Crippen LogP contribution in [0.2, 0.25) is 0 Å². The Labute approximate surface area is 113 Å². The number of piperidine rings is 1. The number of methoxy groups -OCH3 is 1. The molecule has 0 aromatic rings. The van der Waals surface area contributed by atoms with Gasteiger partial charge in [0.15, 0.2) is 0 Å². The van der Waals surface area contributed by atoms with Gasteiger partial charge in [0.25, 0.3) is 0 Å². The van der Waals surface area contributed by atoms with Crippen molar-refractivity contribution in [1.82, 2.24) is 10.2 Å². The Bertz CT molecular complexity index is 361. The number of ether oxygens (including phenoxy) is 1. The first-order chi connectivity index (χ1) is 9.01. The fraction of sp³-hybridized carbons (Fsp3) is 0.846. The van der Waals surface area contributed by atoms with E-state index in [1.807, 2.05) is 0 Å². The third kappa shape index (κ3) is 3.18. The molecule has 2 N–H and O–H groups in total. The Balaban J connectivity index is 2.00. The number of likely N-dealkylation sites (tertiary alicyclic amines) is 1. The van der Waals surface area contributed by atoms with Gasteiger partial charge < -0.3 is 15.2 Å². The molecule has 0 bridgehead atoms. The van der Waals surface area contributed by atoms with Crippen LogP contribution in [-0.4, -0.2) is 54.4 Å². The number of amides is 1. The number of alkyl carbamates (subject to hydrolysis) is 1. The molecule has 2 rings (SSSR count).